The van der Waals surface area contributed by atoms with Gasteiger partial charge in [0.2, 0.25) is 5.76 Å². The summed E-state index contributed by atoms with van der Waals surface area (Å²) in [4.78, 5) is 25.2. The SMILES string of the molecule is Cc1ccc(CNC(=O)n2nc(-c3cc(NC(=O)c4ccno4)ccc3O)cc2C2CC2)cc1. The van der Waals surface area contributed by atoms with E-state index in [-0.39, 0.29) is 23.5 Å². The highest BCUT2D eigenvalue weighted by Crippen LogP contribution is 2.42. The van der Waals surface area contributed by atoms with Gasteiger partial charge in [0.15, 0.2) is 0 Å². The van der Waals surface area contributed by atoms with E-state index in [1.165, 1.54) is 23.0 Å². The second kappa shape index (κ2) is 8.86. The van der Waals surface area contributed by atoms with Gasteiger partial charge in [-0.15, -0.1) is 0 Å². The molecule has 4 aromatic rings. The number of aromatic nitrogens is 3. The summed E-state index contributed by atoms with van der Waals surface area (Å²) >= 11 is 0. The van der Waals surface area contributed by atoms with Crippen molar-refractivity contribution in [2.45, 2.75) is 32.2 Å². The van der Waals surface area contributed by atoms with Crippen LogP contribution in [0.2, 0.25) is 0 Å². The molecule has 0 atom stereocenters. The Bertz CT molecular complexity index is 1340. The number of nitrogens with zero attached hydrogens (tertiary/aromatic N) is 3. The highest BCUT2D eigenvalue weighted by Gasteiger charge is 2.31. The highest BCUT2D eigenvalue weighted by molar-refractivity contribution is 6.02. The summed E-state index contributed by atoms with van der Waals surface area (Å²) < 4.78 is 6.25. The Morgan fingerprint density at radius 3 is 2.62 bits per heavy atom. The third kappa shape index (κ3) is 4.54. The Labute approximate surface area is 195 Å². The van der Waals surface area contributed by atoms with Crippen LogP contribution in [0.4, 0.5) is 10.5 Å². The lowest BCUT2D eigenvalue weighted by atomic mass is 10.1. The van der Waals surface area contributed by atoms with E-state index in [4.69, 9.17) is 4.52 Å². The Morgan fingerprint density at radius 1 is 1.12 bits per heavy atom. The van der Waals surface area contributed by atoms with E-state index in [1.54, 1.807) is 12.1 Å². The number of hydrogen-bond acceptors (Lipinski definition) is 6. The first kappa shape index (κ1) is 21.4. The molecule has 0 unspecified atom stereocenters. The molecule has 0 bridgehead atoms. The molecule has 0 aliphatic heterocycles. The van der Waals surface area contributed by atoms with Gasteiger partial charge in [0, 0.05) is 29.8 Å². The molecule has 2 heterocycles. The number of hydrogen-bond donors (Lipinski definition) is 3. The van der Waals surface area contributed by atoms with Crippen LogP contribution in [0, 0.1) is 6.92 Å². The molecule has 9 nitrogen and oxygen atoms in total. The van der Waals surface area contributed by atoms with E-state index in [0.717, 1.165) is 29.7 Å². The molecule has 2 amide bonds. The maximum absolute atomic E-state index is 13.0. The molecule has 0 saturated heterocycles. The third-order valence-corrected chi connectivity index (χ3v) is 5.68. The van der Waals surface area contributed by atoms with Gasteiger partial charge in [-0.1, -0.05) is 35.0 Å². The number of aryl methyl sites for hydroxylation is 1. The predicted molar refractivity (Wildman–Crippen MR) is 125 cm³/mol. The lowest BCUT2D eigenvalue weighted by molar-refractivity contribution is 0.0988. The highest BCUT2D eigenvalue weighted by atomic mass is 16.5. The van der Waals surface area contributed by atoms with Crippen LogP contribution in [0.15, 0.2) is 65.3 Å². The number of rotatable bonds is 6. The van der Waals surface area contributed by atoms with Crippen LogP contribution in [0.3, 0.4) is 0 Å². The van der Waals surface area contributed by atoms with E-state index >= 15 is 0 Å². The summed E-state index contributed by atoms with van der Waals surface area (Å²) in [7, 11) is 0. The Balaban J connectivity index is 1.39. The fourth-order valence-corrected chi connectivity index (χ4v) is 3.66. The summed E-state index contributed by atoms with van der Waals surface area (Å²) in [6, 6.07) is 15.5. The van der Waals surface area contributed by atoms with Gasteiger partial charge in [-0.2, -0.15) is 9.78 Å². The van der Waals surface area contributed by atoms with E-state index < -0.39 is 5.91 Å². The third-order valence-electron chi connectivity index (χ3n) is 5.68. The second-order valence-electron chi connectivity index (χ2n) is 8.35. The summed E-state index contributed by atoms with van der Waals surface area (Å²) in [6.45, 7) is 2.40. The Hall–Kier alpha value is -4.40. The van der Waals surface area contributed by atoms with Crippen LogP contribution in [0.25, 0.3) is 11.3 Å². The number of amides is 2. The summed E-state index contributed by atoms with van der Waals surface area (Å²) in [6.07, 6.45) is 3.35. The van der Waals surface area contributed by atoms with Crippen molar-refractivity contribution in [1.29, 1.82) is 0 Å². The van der Waals surface area contributed by atoms with Gasteiger partial charge in [-0.05, 0) is 49.6 Å². The molecule has 1 aliphatic carbocycles. The molecule has 1 saturated carbocycles. The lowest BCUT2D eigenvalue weighted by Crippen LogP contribution is -2.30. The van der Waals surface area contributed by atoms with Crippen molar-refractivity contribution >= 4 is 17.6 Å². The Kier molecular flexibility index (Phi) is 5.59. The van der Waals surface area contributed by atoms with Gasteiger partial charge in [0.25, 0.3) is 5.91 Å². The number of benzene rings is 2. The zero-order valence-corrected chi connectivity index (χ0v) is 18.5. The van der Waals surface area contributed by atoms with Gasteiger partial charge >= 0.3 is 6.03 Å². The minimum absolute atomic E-state index is 0.00951. The first-order valence-electron chi connectivity index (χ1n) is 11.0. The summed E-state index contributed by atoms with van der Waals surface area (Å²) in [5.74, 6) is -0.151. The van der Waals surface area contributed by atoms with Gasteiger partial charge < -0.3 is 20.3 Å². The number of phenols is 1. The van der Waals surface area contributed by atoms with Crippen molar-refractivity contribution in [1.82, 2.24) is 20.3 Å². The molecular weight excluding hydrogens is 434 g/mol. The maximum Gasteiger partial charge on any atom is 0.342 e. The van der Waals surface area contributed by atoms with Crippen molar-refractivity contribution < 1.29 is 19.2 Å². The molecule has 3 N–H and O–H groups in total. The van der Waals surface area contributed by atoms with E-state index in [0.29, 0.717) is 23.5 Å². The second-order valence-corrected chi connectivity index (χ2v) is 8.35. The van der Waals surface area contributed by atoms with Crippen molar-refractivity contribution in [2.24, 2.45) is 0 Å². The molecule has 0 radical (unpaired) electrons. The smallest absolute Gasteiger partial charge is 0.342 e. The number of carbonyl (C=O) groups excluding carboxylic acids is 2. The molecule has 9 heteroatoms. The van der Waals surface area contributed by atoms with E-state index in [9.17, 15) is 14.7 Å². The lowest BCUT2D eigenvalue weighted by Gasteiger charge is -2.08. The van der Waals surface area contributed by atoms with Crippen LogP contribution < -0.4 is 10.6 Å². The molecule has 172 valence electrons. The summed E-state index contributed by atoms with van der Waals surface area (Å²) in [5.41, 5.74) is 4.24. The van der Waals surface area contributed by atoms with Crippen LogP contribution in [0.5, 0.6) is 5.75 Å². The molecule has 1 fully saturated rings. The van der Waals surface area contributed by atoms with E-state index in [2.05, 4.69) is 20.9 Å². The monoisotopic (exact) mass is 457 g/mol. The number of aromatic hydroxyl groups is 1. The number of phenolic OH excluding ortho intramolecular Hbond substituents is 1. The van der Waals surface area contributed by atoms with Crippen molar-refractivity contribution in [3.05, 3.63) is 83.4 Å². The minimum Gasteiger partial charge on any atom is -0.507 e. The molecule has 2 aromatic carbocycles. The predicted octanol–water partition coefficient (Wildman–Crippen LogP) is 4.44. The molecule has 0 spiro atoms. The van der Waals surface area contributed by atoms with Crippen molar-refractivity contribution in [3.8, 4) is 17.0 Å². The average molecular weight is 457 g/mol. The van der Waals surface area contributed by atoms with Crippen LogP contribution in [0.1, 0.15) is 46.1 Å². The summed E-state index contributed by atoms with van der Waals surface area (Å²) in [5, 5.41) is 24.1. The fourth-order valence-electron chi connectivity index (χ4n) is 3.66. The molecule has 1 aliphatic rings. The molecule has 5 rings (SSSR count). The zero-order valence-electron chi connectivity index (χ0n) is 18.5. The topological polar surface area (TPSA) is 122 Å². The van der Waals surface area contributed by atoms with Crippen LogP contribution in [-0.4, -0.2) is 32.0 Å². The van der Waals surface area contributed by atoms with E-state index in [1.807, 2.05) is 37.3 Å². The van der Waals surface area contributed by atoms with Gasteiger partial charge in [-0.3, -0.25) is 4.79 Å². The first-order chi connectivity index (χ1) is 16.5. The van der Waals surface area contributed by atoms with Gasteiger partial charge in [0.05, 0.1) is 17.6 Å². The van der Waals surface area contributed by atoms with Crippen molar-refractivity contribution in [3.63, 3.8) is 0 Å². The standard InChI is InChI=1S/C25H23N5O4/c1-15-2-4-16(5-3-15)14-26-25(33)30-21(17-6-7-17)13-20(29-30)19-12-18(8-9-22(19)31)28-24(32)23-10-11-27-34-23/h2-5,8-13,17,31H,6-7,14H2,1H3,(H,26,33)(H,28,32). The quantitative estimate of drug-likeness (QED) is 0.368. The number of carbonyl (C=O) groups is 2. The largest absolute Gasteiger partial charge is 0.507 e. The van der Waals surface area contributed by atoms with Gasteiger partial charge in [-0.25, -0.2) is 4.79 Å². The number of nitrogens with one attached hydrogen (secondary N) is 2. The number of anilines is 1. The first-order valence-corrected chi connectivity index (χ1v) is 11.0. The van der Waals surface area contributed by atoms with Gasteiger partial charge in [0.1, 0.15) is 5.75 Å². The molecule has 2 aromatic heterocycles. The normalized spacial score (nSPS) is 13.0. The molecule has 34 heavy (non-hydrogen) atoms. The zero-order chi connectivity index (χ0) is 23.7. The maximum atomic E-state index is 13.0. The Morgan fingerprint density at radius 2 is 1.91 bits per heavy atom. The van der Waals surface area contributed by atoms with Crippen molar-refractivity contribution in [2.75, 3.05) is 5.32 Å². The van der Waals surface area contributed by atoms with Crippen LogP contribution >= 0.6 is 0 Å². The minimum atomic E-state index is -0.464. The molecular formula is C25H23N5O4. The fraction of sp³-hybridized carbons (Fsp3) is 0.200. The van der Waals surface area contributed by atoms with Crippen LogP contribution in [-0.2, 0) is 6.54 Å². The average Bonchev–Trinajstić information content (AvgIpc) is 3.34.